The molecule has 1 aromatic rings. The lowest BCUT2D eigenvalue weighted by Gasteiger charge is -2.46. The fraction of sp³-hybridized carbons (Fsp3) is 0.800. The van der Waals surface area contributed by atoms with Crippen LogP contribution in [0.3, 0.4) is 0 Å². The van der Waals surface area contributed by atoms with Crippen LogP contribution in [0.25, 0.3) is 0 Å². The molecular weight excluding hydrogens is 238 g/mol. The van der Waals surface area contributed by atoms with Gasteiger partial charge in [0, 0.05) is 24.7 Å². The van der Waals surface area contributed by atoms with Crippen molar-refractivity contribution in [2.45, 2.75) is 63.6 Å². The van der Waals surface area contributed by atoms with E-state index in [9.17, 15) is 5.11 Å². The molecule has 1 fully saturated rings. The predicted molar refractivity (Wildman–Crippen MR) is 77.1 cm³/mol. The smallest absolute Gasteiger partial charge is 0.0765 e. The SMILES string of the molecule is CCn1cc(CC(O)C2(N(C)C)CCCCC2)cn1. The molecule has 0 saturated heterocycles. The lowest BCUT2D eigenvalue weighted by molar-refractivity contribution is -0.0310. The zero-order valence-electron chi connectivity index (χ0n) is 12.5. The molecule has 1 aromatic heterocycles. The van der Waals surface area contributed by atoms with E-state index in [1.165, 1.54) is 19.3 Å². The van der Waals surface area contributed by atoms with Crippen LogP contribution >= 0.6 is 0 Å². The van der Waals surface area contributed by atoms with Crippen LogP contribution in [0, 0.1) is 0 Å². The Balaban J connectivity index is 2.09. The van der Waals surface area contributed by atoms with Crippen LogP contribution in [0.5, 0.6) is 0 Å². The number of hydrogen-bond donors (Lipinski definition) is 1. The number of rotatable bonds is 5. The predicted octanol–water partition coefficient (Wildman–Crippen LogP) is 2.07. The standard InChI is InChI=1S/C15H27N3O/c1-4-18-12-13(11-16-18)10-14(19)15(17(2)3)8-6-5-7-9-15/h11-12,14,19H,4-10H2,1-3H3. The summed E-state index contributed by atoms with van der Waals surface area (Å²) in [5.41, 5.74) is 1.09. The van der Waals surface area contributed by atoms with Crippen molar-refractivity contribution < 1.29 is 5.11 Å². The second kappa shape index (κ2) is 6.06. The summed E-state index contributed by atoms with van der Waals surface area (Å²) in [5.74, 6) is 0. The molecule has 0 spiro atoms. The molecule has 19 heavy (non-hydrogen) atoms. The molecule has 0 aromatic carbocycles. The van der Waals surface area contributed by atoms with E-state index in [2.05, 4.69) is 37.2 Å². The van der Waals surface area contributed by atoms with Crippen molar-refractivity contribution in [2.24, 2.45) is 0 Å². The van der Waals surface area contributed by atoms with Gasteiger partial charge < -0.3 is 10.0 Å². The summed E-state index contributed by atoms with van der Waals surface area (Å²) >= 11 is 0. The zero-order valence-corrected chi connectivity index (χ0v) is 12.5. The van der Waals surface area contributed by atoms with Gasteiger partial charge in [0.2, 0.25) is 0 Å². The summed E-state index contributed by atoms with van der Waals surface area (Å²) < 4.78 is 1.92. The van der Waals surface area contributed by atoms with Crippen LogP contribution in [0.15, 0.2) is 12.4 Å². The molecule has 0 bridgehead atoms. The van der Waals surface area contributed by atoms with Gasteiger partial charge in [-0.25, -0.2) is 0 Å². The maximum atomic E-state index is 10.8. The summed E-state index contributed by atoms with van der Waals surface area (Å²) in [6, 6.07) is 0. The number of likely N-dealkylation sites (N-methyl/N-ethyl adjacent to an activating group) is 1. The van der Waals surface area contributed by atoms with E-state index < -0.39 is 0 Å². The van der Waals surface area contributed by atoms with Crippen LogP contribution in [0.2, 0.25) is 0 Å². The maximum Gasteiger partial charge on any atom is 0.0765 e. The fourth-order valence-corrected chi connectivity index (χ4v) is 3.34. The molecule has 1 heterocycles. The largest absolute Gasteiger partial charge is 0.391 e. The van der Waals surface area contributed by atoms with Crippen LogP contribution in [0.1, 0.15) is 44.6 Å². The van der Waals surface area contributed by atoms with Gasteiger partial charge in [-0.15, -0.1) is 0 Å². The van der Waals surface area contributed by atoms with Gasteiger partial charge in [-0.1, -0.05) is 19.3 Å². The second-order valence-electron chi connectivity index (χ2n) is 5.98. The van der Waals surface area contributed by atoms with Gasteiger partial charge in [0.15, 0.2) is 0 Å². The molecule has 1 atom stereocenters. The number of aliphatic hydroxyl groups is 1. The van der Waals surface area contributed by atoms with Crippen molar-refractivity contribution in [3.05, 3.63) is 18.0 Å². The molecule has 1 saturated carbocycles. The van der Waals surface area contributed by atoms with Crippen molar-refractivity contribution in [3.8, 4) is 0 Å². The van der Waals surface area contributed by atoms with Crippen molar-refractivity contribution in [1.29, 1.82) is 0 Å². The summed E-state index contributed by atoms with van der Waals surface area (Å²) in [7, 11) is 4.20. The number of hydrogen-bond acceptors (Lipinski definition) is 3. The minimum atomic E-state index is -0.308. The van der Waals surface area contributed by atoms with Gasteiger partial charge in [-0.05, 0) is 39.4 Å². The lowest BCUT2D eigenvalue weighted by Crippen LogP contribution is -2.55. The summed E-state index contributed by atoms with van der Waals surface area (Å²) in [6.07, 6.45) is 10.3. The molecule has 0 aliphatic heterocycles. The monoisotopic (exact) mass is 265 g/mol. The molecule has 1 aliphatic rings. The first-order valence-corrected chi connectivity index (χ1v) is 7.45. The number of aromatic nitrogens is 2. The van der Waals surface area contributed by atoms with Crippen molar-refractivity contribution in [3.63, 3.8) is 0 Å². The van der Waals surface area contributed by atoms with Crippen molar-refractivity contribution in [1.82, 2.24) is 14.7 Å². The molecule has 1 aliphatic carbocycles. The van der Waals surface area contributed by atoms with Crippen LogP contribution < -0.4 is 0 Å². The number of aryl methyl sites for hydroxylation is 1. The Kier molecular flexibility index (Phi) is 4.63. The molecule has 2 rings (SSSR count). The van der Waals surface area contributed by atoms with E-state index >= 15 is 0 Å². The quantitative estimate of drug-likeness (QED) is 0.886. The highest BCUT2D eigenvalue weighted by Crippen LogP contribution is 2.36. The normalized spacial score (nSPS) is 20.7. The van der Waals surface area contributed by atoms with E-state index in [0.717, 1.165) is 24.9 Å². The summed E-state index contributed by atoms with van der Waals surface area (Å²) in [5, 5.41) is 15.0. The third kappa shape index (κ3) is 3.00. The molecular formula is C15H27N3O. The van der Waals surface area contributed by atoms with Gasteiger partial charge in [-0.2, -0.15) is 5.10 Å². The van der Waals surface area contributed by atoms with Crippen LogP contribution in [-0.4, -0.2) is 45.5 Å². The molecule has 0 amide bonds. The van der Waals surface area contributed by atoms with Gasteiger partial charge in [-0.3, -0.25) is 4.68 Å². The molecule has 108 valence electrons. The third-order valence-electron chi connectivity index (χ3n) is 4.67. The Morgan fingerprint density at radius 3 is 2.58 bits per heavy atom. The van der Waals surface area contributed by atoms with Crippen molar-refractivity contribution in [2.75, 3.05) is 14.1 Å². The first-order chi connectivity index (χ1) is 9.08. The minimum absolute atomic E-state index is 0.0490. The van der Waals surface area contributed by atoms with E-state index in [4.69, 9.17) is 0 Å². The maximum absolute atomic E-state index is 10.8. The topological polar surface area (TPSA) is 41.3 Å². The zero-order chi connectivity index (χ0) is 13.9. The highest BCUT2D eigenvalue weighted by Gasteiger charge is 2.40. The average Bonchev–Trinajstić information content (AvgIpc) is 2.87. The molecule has 4 nitrogen and oxygen atoms in total. The van der Waals surface area contributed by atoms with Crippen molar-refractivity contribution >= 4 is 0 Å². The first-order valence-electron chi connectivity index (χ1n) is 7.45. The highest BCUT2D eigenvalue weighted by atomic mass is 16.3. The Labute approximate surface area is 116 Å². The Morgan fingerprint density at radius 1 is 1.37 bits per heavy atom. The number of aliphatic hydroxyl groups excluding tert-OH is 1. The Morgan fingerprint density at radius 2 is 2.05 bits per heavy atom. The van der Waals surface area contributed by atoms with Crippen LogP contribution in [0.4, 0.5) is 0 Å². The van der Waals surface area contributed by atoms with Gasteiger partial charge >= 0.3 is 0 Å². The van der Waals surface area contributed by atoms with Gasteiger partial charge in [0.1, 0.15) is 0 Å². The molecule has 0 radical (unpaired) electrons. The fourth-order valence-electron chi connectivity index (χ4n) is 3.34. The molecule has 4 heteroatoms. The summed E-state index contributed by atoms with van der Waals surface area (Å²) in [4.78, 5) is 2.24. The van der Waals surface area contributed by atoms with E-state index in [1.807, 2.05) is 10.9 Å². The third-order valence-corrected chi connectivity index (χ3v) is 4.67. The van der Waals surface area contributed by atoms with Gasteiger partial charge in [0.05, 0.1) is 12.3 Å². The highest BCUT2D eigenvalue weighted by molar-refractivity contribution is 5.09. The van der Waals surface area contributed by atoms with Crippen LogP contribution in [-0.2, 0) is 13.0 Å². The molecule has 1 N–H and O–H groups in total. The van der Waals surface area contributed by atoms with E-state index in [1.54, 1.807) is 0 Å². The van der Waals surface area contributed by atoms with E-state index in [-0.39, 0.29) is 11.6 Å². The first kappa shape index (κ1) is 14.5. The Hall–Kier alpha value is -0.870. The molecule has 1 unspecified atom stereocenters. The number of nitrogens with zero attached hydrogens (tertiary/aromatic N) is 3. The lowest BCUT2D eigenvalue weighted by atomic mass is 9.75. The Bertz CT molecular complexity index is 394. The van der Waals surface area contributed by atoms with Gasteiger partial charge in [0.25, 0.3) is 0 Å². The minimum Gasteiger partial charge on any atom is -0.391 e. The second-order valence-corrected chi connectivity index (χ2v) is 5.98. The average molecular weight is 265 g/mol. The van der Waals surface area contributed by atoms with E-state index in [0.29, 0.717) is 6.42 Å². The summed E-state index contributed by atoms with van der Waals surface area (Å²) in [6.45, 7) is 2.96.